The van der Waals surface area contributed by atoms with Gasteiger partial charge < -0.3 is 15.2 Å². The van der Waals surface area contributed by atoms with E-state index in [-0.39, 0.29) is 12.5 Å². The lowest BCUT2D eigenvalue weighted by Gasteiger charge is -2.22. The molecule has 0 saturated carbocycles. The van der Waals surface area contributed by atoms with Crippen molar-refractivity contribution in [3.63, 3.8) is 0 Å². The summed E-state index contributed by atoms with van der Waals surface area (Å²) in [7, 11) is 0. The second kappa shape index (κ2) is 6.76. The molecule has 1 aromatic rings. The number of amides is 1. The van der Waals surface area contributed by atoms with Crippen molar-refractivity contribution in [2.45, 2.75) is 26.0 Å². The predicted molar refractivity (Wildman–Crippen MR) is 65.6 cm³/mol. The second-order valence-corrected chi connectivity index (χ2v) is 3.79. The summed E-state index contributed by atoms with van der Waals surface area (Å²) in [4.78, 5) is 22.7. The van der Waals surface area contributed by atoms with Gasteiger partial charge in [-0.2, -0.15) is 0 Å². The number of aliphatic hydroxyl groups is 1. The fraction of sp³-hybridized carbons (Fsp3) is 0.385. The van der Waals surface area contributed by atoms with Gasteiger partial charge in [0.05, 0.1) is 12.6 Å². The Balaban J connectivity index is 2.91. The van der Waals surface area contributed by atoms with E-state index < -0.39 is 18.1 Å². The van der Waals surface area contributed by atoms with Gasteiger partial charge in [0, 0.05) is 6.92 Å². The highest BCUT2D eigenvalue weighted by atomic mass is 16.5. The van der Waals surface area contributed by atoms with Crippen LogP contribution in [-0.4, -0.2) is 29.7 Å². The molecule has 1 amide bonds. The third-order valence-corrected chi connectivity index (χ3v) is 2.36. The quantitative estimate of drug-likeness (QED) is 0.759. The number of carbonyl (C=O) groups is 2. The molecule has 2 N–H and O–H groups in total. The molecule has 98 valence electrons. The Morgan fingerprint density at radius 3 is 2.44 bits per heavy atom. The first kappa shape index (κ1) is 14.2. The van der Waals surface area contributed by atoms with Gasteiger partial charge in [-0.05, 0) is 12.5 Å². The SMILES string of the molecule is CCOC(=O)[C@H](O)[C@@H](NC(C)=O)c1ccccc1. The predicted octanol–water partition coefficient (Wildman–Crippen LogP) is 0.788. The van der Waals surface area contributed by atoms with Gasteiger partial charge in [0.15, 0.2) is 6.10 Å². The average molecular weight is 251 g/mol. The maximum atomic E-state index is 11.5. The molecule has 1 rings (SSSR count). The van der Waals surface area contributed by atoms with Crippen molar-refractivity contribution in [1.29, 1.82) is 0 Å². The number of ether oxygens (including phenoxy) is 1. The van der Waals surface area contributed by atoms with Crippen LogP contribution in [0, 0.1) is 0 Å². The van der Waals surface area contributed by atoms with E-state index in [1.54, 1.807) is 31.2 Å². The number of nitrogens with one attached hydrogen (secondary N) is 1. The smallest absolute Gasteiger partial charge is 0.337 e. The van der Waals surface area contributed by atoms with Crippen molar-refractivity contribution in [2.24, 2.45) is 0 Å². The summed E-state index contributed by atoms with van der Waals surface area (Å²) in [5.41, 5.74) is 0.647. The number of aliphatic hydroxyl groups excluding tert-OH is 1. The molecule has 0 aliphatic heterocycles. The van der Waals surface area contributed by atoms with Gasteiger partial charge in [0.1, 0.15) is 0 Å². The van der Waals surface area contributed by atoms with Gasteiger partial charge in [0.2, 0.25) is 5.91 Å². The van der Waals surface area contributed by atoms with Gasteiger partial charge >= 0.3 is 5.97 Å². The number of hydrogen-bond donors (Lipinski definition) is 2. The van der Waals surface area contributed by atoms with Crippen LogP contribution in [0.5, 0.6) is 0 Å². The van der Waals surface area contributed by atoms with Crippen molar-refractivity contribution < 1.29 is 19.4 Å². The van der Waals surface area contributed by atoms with Crippen LogP contribution in [0.15, 0.2) is 30.3 Å². The number of rotatable bonds is 5. The average Bonchev–Trinajstić information content (AvgIpc) is 2.36. The largest absolute Gasteiger partial charge is 0.464 e. The van der Waals surface area contributed by atoms with E-state index in [4.69, 9.17) is 4.74 Å². The van der Waals surface area contributed by atoms with Crippen LogP contribution in [0.4, 0.5) is 0 Å². The van der Waals surface area contributed by atoms with Gasteiger partial charge in [-0.3, -0.25) is 4.79 Å². The molecule has 0 bridgehead atoms. The highest BCUT2D eigenvalue weighted by Gasteiger charge is 2.29. The normalized spacial score (nSPS) is 13.5. The Labute approximate surface area is 106 Å². The van der Waals surface area contributed by atoms with Crippen LogP contribution in [0.1, 0.15) is 25.5 Å². The molecule has 0 aliphatic carbocycles. The molecule has 5 heteroatoms. The second-order valence-electron chi connectivity index (χ2n) is 3.79. The van der Waals surface area contributed by atoms with Crippen molar-refractivity contribution in [1.82, 2.24) is 5.32 Å². The first-order valence-electron chi connectivity index (χ1n) is 5.73. The topological polar surface area (TPSA) is 75.6 Å². The Kier molecular flexibility index (Phi) is 5.32. The zero-order valence-electron chi connectivity index (χ0n) is 10.4. The molecule has 0 aromatic heterocycles. The van der Waals surface area contributed by atoms with Gasteiger partial charge in [-0.25, -0.2) is 4.79 Å². The number of esters is 1. The summed E-state index contributed by atoms with van der Waals surface area (Å²) in [6.45, 7) is 3.16. The molecule has 0 aliphatic rings. The molecule has 0 heterocycles. The van der Waals surface area contributed by atoms with E-state index in [1.165, 1.54) is 6.92 Å². The lowest BCUT2D eigenvalue weighted by molar-refractivity contribution is -0.155. The van der Waals surface area contributed by atoms with E-state index >= 15 is 0 Å². The molecule has 0 radical (unpaired) electrons. The van der Waals surface area contributed by atoms with Crippen LogP contribution in [0.3, 0.4) is 0 Å². The summed E-state index contributed by atoms with van der Waals surface area (Å²) >= 11 is 0. The molecular formula is C13H17NO4. The maximum absolute atomic E-state index is 11.5. The zero-order chi connectivity index (χ0) is 13.5. The molecule has 0 unspecified atom stereocenters. The lowest BCUT2D eigenvalue weighted by atomic mass is 10.0. The molecule has 1 aromatic carbocycles. The van der Waals surface area contributed by atoms with Crippen molar-refractivity contribution in [3.05, 3.63) is 35.9 Å². The van der Waals surface area contributed by atoms with Crippen LogP contribution < -0.4 is 5.32 Å². The molecule has 18 heavy (non-hydrogen) atoms. The van der Waals surface area contributed by atoms with Crippen molar-refractivity contribution >= 4 is 11.9 Å². The van der Waals surface area contributed by atoms with E-state index in [2.05, 4.69) is 5.32 Å². The Morgan fingerprint density at radius 2 is 1.94 bits per heavy atom. The van der Waals surface area contributed by atoms with Gasteiger partial charge in [-0.15, -0.1) is 0 Å². The van der Waals surface area contributed by atoms with Gasteiger partial charge in [-0.1, -0.05) is 30.3 Å². The number of hydrogen-bond acceptors (Lipinski definition) is 4. The Bertz CT molecular complexity index is 405. The summed E-state index contributed by atoms with van der Waals surface area (Å²) in [5.74, 6) is -1.08. The van der Waals surface area contributed by atoms with E-state index in [0.29, 0.717) is 5.56 Å². The number of carbonyl (C=O) groups excluding carboxylic acids is 2. The van der Waals surface area contributed by atoms with Gasteiger partial charge in [0.25, 0.3) is 0 Å². The van der Waals surface area contributed by atoms with E-state index in [9.17, 15) is 14.7 Å². The minimum Gasteiger partial charge on any atom is -0.464 e. The highest BCUT2D eigenvalue weighted by Crippen LogP contribution is 2.17. The van der Waals surface area contributed by atoms with Crippen LogP contribution in [-0.2, 0) is 14.3 Å². The standard InChI is InChI=1S/C13H17NO4/c1-3-18-13(17)12(16)11(14-9(2)15)10-7-5-4-6-8-10/h4-8,11-12,16H,3H2,1-2H3,(H,14,15)/t11-,12+/m0/s1. The first-order chi connectivity index (χ1) is 8.56. The fourth-order valence-electron chi connectivity index (χ4n) is 1.59. The summed E-state index contributed by atoms with van der Waals surface area (Å²) in [6.07, 6.45) is -1.42. The fourth-order valence-corrected chi connectivity index (χ4v) is 1.59. The molecule has 0 spiro atoms. The maximum Gasteiger partial charge on any atom is 0.337 e. The van der Waals surface area contributed by atoms with Crippen LogP contribution in [0.2, 0.25) is 0 Å². The molecule has 2 atom stereocenters. The van der Waals surface area contributed by atoms with Crippen LogP contribution in [0.25, 0.3) is 0 Å². The lowest BCUT2D eigenvalue weighted by Crippen LogP contribution is -2.40. The molecular weight excluding hydrogens is 234 g/mol. The summed E-state index contributed by atoms with van der Waals surface area (Å²) in [6, 6.07) is 7.99. The van der Waals surface area contributed by atoms with E-state index in [1.807, 2.05) is 6.07 Å². The minimum atomic E-state index is -1.42. The highest BCUT2D eigenvalue weighted by molar-refractivity contribution is 5.78. The minimum absolute atomic E-state index is 0.178. The summed E-state index contributed by atoms with van der Waals surface area (Å²) in [5, 5.41) is 12.5. The summed E-state index contributed by atoms with van der Waals surface area (Å²) < 4.78 is 4.75. The Morgan fingerprint density at radius 1 is 1.33 bits per heavy atom. The Hall–Kier alpha value is -1.88. The van der Waals surface area contributed by atoms with Crippen molar-refractivity contribution in [3.8, 4) is 0 Å². The zero-order valence-corrected chi connectivity index (χ0v) is 10.4. The number of benzene rings is 1. The molecule has 5 nitrogen and oxygen atoms in total. The molecule has 0 fully saturated rings. The first-order valence-corrected chi connectivity index (χ1v) is 5.73. The van der Waals surface area contributed by atoms with E-state index in [0.717, 1.165) is 0 Å². The third-order valence-electron chi connectivity index (χ3n) is 2.36. The monoisotopic (exact) mass is 251 g/mol. The van der Waals surface area contributed by atoms with Crippen LogP contribution >= 0.6 is 0 Å². The van der Waals surface area contributed by atoms with Crippen molar-refractivity contribution in [2.75, 3.05) is 6.61 Å². The molecule has 0 saturated heterocycles. The third kappa shape index (κ3) is 3.85.